The number of alkyl carbamates (subject to hydrolysis) is 1. The summed E-state index contributed by atoms with van der Waals surface area (Å²) in [6.45, 7) is 18.1. The van der Waals surface area contributed by atoms with E-state index in [-0.39, 0.29) is 25.5 Å². The summed E-state index contributed by atoms with van der Waals surface area (Å²) >= 11 is 0. The first-order valence-electron chi connectivity index (χ1n) is 22.7. The number of amides is 3. The van der Waals surface area contributed by atoms with Gasteiger partial charge in [-0.1, -0.05) is 13.0 Å². The Morgan fingerprint density at radius 2 is 1.60 bits per heavy atom. The lowest BCUT2D eigenvalue weighted by Crippen LogP contribution is -2.48. The Labute approximate surface area is 397 Å². The number of carbonyl (C=O) groups is 4. The van der Waals surface area contributed by atoms with Crippen LogP contribution >= 0.6 is 7.75 Å². The molecule has 4 aromatic rings. The minimum Gasteiger partial charge on any atom is -0.493 e. The zero-order valence-electron chi connectivity index (χ0n) is 40.5. The quantitative estimate of drug-likeness (QED) is 0.0197. The second-order valence-electron chi connectivity index (χ2n) is 17.9. The minimum absolute atomic E-state index is 0.00294. The highest BCUT2D eigenvalue weighted by Gasteiger charge is 2.32. The number of anilines is 3. The van der Waals surface area contributed by atoms with E-state index < -0.39 is 54.8 Å². The van der Waals surface area contributed by atoms with Crippen molar-refractivity contribution < 1.29 is 51.4 Å². The number of carbonyl (C=O) groups excluding carboxylic acids is 4. The number of unbranched alkanes of at least 4 members (excludes halogenated alkanes) is 2. The van der Waals surface area contributed by atoms with E-state index in [1.165, 1.54) is 38.4 Å². The molecule has 374 valence electrons. The molecule has 0 aliphatic heterocycles. The van der Waals surface area contributed by atoms with E-state index in [0.717, 1.165) is 5.39 Å². The Morgan fingerprint density at radius 3 is 2.32 bits per heavy atom. The van der Waals surface area contributed by atoms with Crippen molar-refractivity contribution in [1.82, 2.24) is 40.8 Å². The van der Waals surface area contributed by atoms with Crippen LogP contribution in [0.5, 0.6) is 5.75 Å². The van der Waals surface area contributed by atoms with Gasteiger partial charge < -0.3 is 40.4 Å². The van der Waals surface area contributed by atoms with E-state index in [1.807, 2.05) is 25.1 Å². The number of nitrogens with one attached hydrogen (secondary N) is 6. The molecule has 20 nitrogen and oxygen atoms in total. The van der Waals surface area contributed by atoms with Crippen LogP contribution in [0.25, 0.3) is 10.9 Å². The third-order valence-corrected chi connectivity index (χ3v) is 11.3. The highest BCUT2D eigenvalue weighted by molar-refractivity contribution is 7.51. The minimum atomic E-state index is -4.04. The second kappa shape index (κ2) is 26.1. The summed E-state index contributed by atoms with van der Waals surface area (Å²) in [7, 11) is -4.04. The Bertz CT molecular complexity index is 2320. The molecule has 3 atom stereocenters. The lowest BCUT2D eigenvalue weighted by atomic mass is 10.2. The molecule has 0 radical (unpaired) electrons. The van der Waals surface area contributed by atoms with Gasteiger partial charge in [0.1, 0.15) is 41.0 Å². The molecule has 0 saturated heterocycles. The maximum absolute atomic E-state index is 14.1. The Balaban J connectivity index is 1.25. The lowest BCUT2D eigenvalue weighted by Gasteiger charge is -2.26. The van der Waals surface area contributed by atoms with Gasteiger partial charge in [0.2, 0.25) is 11.8 Å². The van der Waals surface area contributed by atoms with Crippen molar-refractivity contribution in [2.24, 2.45) is 0 Å². The maximum atomic E-state index is 14.1. The topological polar surface area (TPSA) is 249 Å². The van der Waals surface area contributed by atoms with E-state index in [9.17, 15) is 28.1 Å². The average molecular weight is 971 g/mol. The first-order valence-corrected chi connectivity index (χ1v) is 24.3. The number of H-pyrrole nitrogens is 1. The van der Waals surface area contributed by atoms with Gasteiger partial charge >= 0.3 is 19.8 Å². The van der Waals surface area contributed by atoms with Gasteiger partial charge in [-0.25, -0.2) is 33.6 Å². The molecular formula is C46H68FN10O10P. The highest BCUT2D eigenvalue weighted by atomic mass is 31.2. The van der Waals surface area contributed by atoms with Crippen LogP contribution in [0.2, 0.25) is 0 Å². The molecule has 0 spiro atoms. The normalized spacial score (nSPS) is 13.6. The Hall–Kier alpha value is -5.73. The lowest BCUT2D eigenvalue weighted by molar-refractivity contribution is -0.158. The molecular weight excluding hydrogens is 903 g/mol. The van der Waals surface area contributed by atoms with E-state index in [4.69, 9.17) is 23.3 Å². The number of halogens is 1. The van der Waals surface area contributed by atoms with Crippen LogP contribution in [-0.2, 0) is 43.9 Å². The summed E-state index contributed by atoms with van der Waals surface area (Å²) < 4.78 is 55.9. The number of benzene rings is 2. The number of likely N-dealkylation sites (N-methyl/N-ethyl adjacent to an activating group) is 1. The van der Waals surface area contributed by atoms with Crippen molar-refractivity contribution in [3.05, 3.63) is 66.4 Å². The van der Waals surface area contributed by atoms with E-state index in [2.05, 4.69) is 51.4 Å². The number of hydrogen-bond donors (Lipinski definition) is 6. The smallest absolute Gasteiger partial charge is 0.407 e. The largest absolute Gasteiger partial charge is 0.493 e. The number of aromatic nitrogens is 4. The van der Waals surface area contributed by atoms with Gasteiger partial charge in [0.15, 0.2) is 5.82 Å². The summed E-state index contributed by atoms with van der Waals surface area (Å²) in [5, 5.41) is 21.7. The van der Waals surface area contributed by atoms with Crippen molar-refractivity contribution in [1.29, 1.82) is 0 Å². The fourth-order valence-corrected chi connectivity index (χ4v) is 7.80. The molecule has 0 saturated carbocycles. The van der Waals surface area contributed by atoms with Crippen molar-refractivity contribution in [3.8, 4) is 5.75 Å². The summed E-state index contributed by atoms with van der Waals surface area (Å²) in [4.78, 5) is 60.9. The predicted molar refractivity (Wildman–Crippen MR) is 256 cm³/mol. The van der Waals surface area contributed by atoms with Crippen LogP contribution in [0.1, 0.15) is 93.7 Å². The number of hydrogen-bond acceptors (Lipinski definition) is 15. The predicted octanol–water partition coefficient (Wildman–Crippen LogP) is 7.17. The molecule has 3 unspecified atom stereocenters. The molecule has 2 heterocycles. The van der Waals surface area contributed by atoms with Crippen molar-refractivity contribution in [2.75, 3.05) is 56.6 Å². The number of esters is 1. The van der Waals surface area contributed by atoms with Gasteiger partial charge in [-0.2, -0.15) is 5.10 Å². The van der Waals surface area contributed by atoms with Crippen molar-refractivity contribution in [3.63, 3.8) is 0 Å². The molecule has 0 aliphatic carbocycles. The molecule has 4 rings (SSSR count). The van der Waals surface area contributed by atoms with Crippen LogP contribution in [0.3, 0.4) is 0 Å². The molecule has 2 aromatic carbocycles. The fraction of sp³-hybridized carbons (Fsp3) is 0.543. The number of nitrogens with zero attached hydrogens (tertiary/aromatic N) is 4. The Morgan fingerprint density at radius 1 is 0.853 bits per heavy atom. The Kier molecular flexibility index (Phi) is 21.1. The summed E-state index contributed by atoms with van der Waals surface area (Å²) in [5.74, 6) is -0.423. The number of rotatable bonds is 27. The standard InChI is InChI=1S/C46H68FN10O10P/c1-10-57(22-25-65-68(62,64-24-13-11-12-20-48-44(61)67-46(7,8)9)56-31(2)42(59)51-32(3)43(60)66-45(4,5)6)21-15-23-63-36-18-19-37-38(29-36)49-30-50-41(37)53-39-27-35(54-55-39)28-40(58)52-34-17-14-16-33(47)26-34/h14,16-19,26-27,29-32H,10-13,15,20-25,28H2,1-9H3,(H,48,61)(H,51,59)(H,52,58)(H,56,62)(H2,49,50,53,54,55). The number of fused-ring (bicyclic) bond motifs is 1. The van der Waals surface area contributed by atoms with Gasteiger partial charge in [-0.05, 0) is 118 Å². The van der Waals surface area contributed by atoms with Gasteiger partial charge in [0, 0.05) is 48.5 Å². The SMILES string of the molecule is CCN(CCCOc1ccc2c(Nc3cc(CC(=O)Nc4cccc(F)c4)[nH]n3)ncnc2c1)CCOP(=O)(NC(C)C(=O)NC(C)C(=O)OC(C)(C)C)OCCCCCNC(=O)OC(C)(C)C. The number of ether oxygens (including phenoxy) is 3. The van der Waals surface area contributed by atoms with Crippen LogP contribution in [0, 0.1) is 5.82 Å². The first kappa shape index (κ1) is 54.9. The summed E-state index contributed by atoms with van der Waals surface area (Å²) in [6.07, 6.45) is 3.36. The van der Waals surface area contributed by atoms with Crippen molar-refractivity contribution in [2.45, 2.75) is 118 Å². The van der Waals surface area contributed by atoms with Gasteiger partial charge in [0.05, 0.1) is 37.8 Å². The third-order valence-electron chi connectivity index (χ3n) is 9.56. The van der Waals surface area contributed by atoms with Crippen LogP contribution in [-0.4, -0.2) is 118 Å². The van der Waals surface area contributed by atoms with Gasteiger partial charge in [-0.3, -0.25) is 23.7 Å². The molecule has 0 fully saturated rings. The van der Waals surface area contributed by atoms with Crippen LogP contribution < -0.4 is 31.1 Å². The average Bonchev–Trinajstić information content (AvgIpc) is 3.68. The summed E-state index contributed by atoms with van der Waals surface area (Å²) in [6, 6.07) is 10.8. The maximum Gasteiger partial charge on any atom is 0.407 e. The van der Waals surface area contributed by atoms with E-state index >= 15 is 0 Å². The van der Waals surface area contributed by atoms with Gasteiger partial charge in [-0.15, -0.1) is 0 Å². The number of aromatic amines is 1. The first-order chi connectivity index (χ1) is 32.1. The molecule has 0 bridgehead atoms. The van der Waals surface area contributed by atoms with Crippen molar-refractivity contribution >= 4 is 59.8 Å². The molecule has 0 aliphatic rings. The fourth-order valence-electron chi connectivity index (χ4n) is 6.29. The van der Waals surface area contributed by atoms with E-state index in [0.29, 0.717) is 92.8 Å². The zero-order valence-corrected chi connectivity index (χ0v) is 41.4. The monoisotopic (exact) mass is 970 g/mol. The van der Waals surface area contributed by atoms with Crippen LogP contribution in [0.15, 0.2) is 54.9 Å². The molecule has 22 heteroatoms. The van der Waals surface area contributed by atoms with Crippen LogP contribution in [0.4, 0.5) is 26.5 Å². The highest BCUT2D eigenvalue weighted by Crippen LogP contribution is 2.44. The molecule has 68 heavy (non-hydrogen) atoms. The summed E-state index contributed by atoms with van der Waals surface area (Å²) in [5.41, 5.74) is 0.195. The zero-order chi connectivity index (χ0) is 49.9. The second-order valence-corrected chi connectivity index (χ2v) is 19.7. The van der Waals surface area contributed by atoms with E-state index in [1.54, 1.807) is 53.7 Å². The molecule has 3 amide bonds. The third kappa shape index (κ3) is 20.2. The molecule has 2 aromatic heterocycles. The van der Waals surface area contributed by atoms with Gasteiger partial charge in [0.25, 0.3) is 0 Å². The molecule has 6 N–H and O–H groups in total.